The lowest BCUT2D eigenvalue weighted by Gasteiger charge is -2.15. The van der Waals surface area contributed by atoms with Gasteiger partial charge in [-0.25, -0.2) is 0 Å². The summed E-state index contributed by atoms with van der Waals surface area (Å²) in [6.07, 6.45) is 5.75. The van der Waals surface area contributed by atoms with Crippen molar-refractivity contribution in [3.63, 3.8) is 0 Å². The molecule has 0 spiro atoms. The summed E-state index contributed by atoms with van der Waals surface area (Å²) in [7, 11) is 0. The number of hydrogen-bond acceptors (Lipinski definition) is 7. The second-order valence-corrected chi connectivity index (χ2v) is 7.69. The Morgan fingerprint density at radius 2 is 2.00 bits per heavy atom. The van der Waals surface area contributed by atoms with Crippen LogP contribution in [0.3, 0.4) is 0 Å². The zero-order valence-corrected chi connectivity index (χ0v) is 16.4. The van der Waals surface area contributed by atoms with Crippen LogP contribution in [0.2, 0.25) is 0 Å². The van der Waals surface area contributed by atoms with Gasteiger partial charge in [-0.2, -0.15) is 19.6 Å². The molecule has 3 aromatic rings. The van der Waals surface area contributed by atoms with Crippen LogP contribution in [0, 0.1) is 5.92 Å². The largest absolute Gasteiger partial charge is 0.351 e. The van der Waals surface area contributed by atoms with Crippen LogP contribution in [0.25, 0.3) is 11.7 Å². The molecule has 2 fully saturated rings. The maximum absolute atomic E-state index is 12.0. The predicted octanol–water partition coefficient (Wildman–Crippen LogP) is 2.51. The topological polar surface area (TPSA) is 113 Å². The molecule has 2 amide bonds. The minimum atomic E-state index is -0.378. The smallest absolute Gasteiger partial charge is 0.254 e. The van der Waals surface area contributed by atoms with E-state index in [1.165, 1.54) is 12.8 Å². The van der Waals surface area contributed by atoms with Crippen LogP contribution in [0.15, 0.2) is 42.1 Å². The first-order valence-electron chi connectivity index (χ1n) is 9.96. The van der Waals surface area contributed by atoms with Crippen molar-refractivity contribution in [2.45, 2.75) is 32.2 Å². The van der Waals surface area contributed by atoms with E-state index in [4.69, 9.17) is 0 Å². The minimum absolute atomic E-state index is 0.0558. The van der Waals surface area contributed by atoms with E-state index in [0.717, 1.165) is 5.69 Å². The van der Waals surface area contributed by atoms with Gasteiger partial charge in [-0.05, 0) is 43.9 Å². The van der Waals surface area contributed by atoms with Crippen LogP contribution >= 0.6 is 0 Å². The Bertz CT molecular complexity index is 1160. The number of anilines is 3. The fraction of sp³-hybridized carbons (Fsp3) is 0.286. The number of carbonyl (C=O) groups is 2. The van der Waals surface area contributed by atoms with Gasteiger partial charge in [0.05, 0.1) is 12.6 Å². The molecule has 3 N–H and O–H groups in total. The highest BCUT2D eigenvalue weighted by molar-refractivity contribution is 6.15. The average Bonchev–Trinajstić information content (AvgIpc) is 3.43. The van der Waals surface area contributed by atoms with Crippen molar-refractivity contribution < 1.29 is 9.59 Å². The Kier molecular flexibility index (Phi) is 4.42. The summed E-state index contributed by atoms with van der Waals surface area (Å²) in [5, 5.41) is 13.4. The molecule has 30 heavy (non-hydrogen) atoms. The van der Waals surface area contributed by atoms with Gasteiger partial charge in [0.15, 0.2) is 5.65 Å². The number of para-hydroxylation sites is 1. The minimum Gasteiger partial charge on any atom is -0.351 e. The lowest BCUT2D eigenvalue weighted by molar-refractivity contribution is -0.124. The number of amides is 2. The van der Waals surface area contributed by atoms with Gasteiger partial charge in [-0.1, -0.05) is 18.2 Å². The maximum atomic E-state index is 12.0. The van der Waals surface area contributed by atoms with Crippen LogP contribution < -0.4 is 16.0 Å². The molecule has 2 aromatic heterocycles. The zero-order chi connectivity index (χ0) is 20.7. The number of hydrogen-bond donors (Lipinski definition) is 3. The fourth-order valence-electron chi connectivity index (χ4n) is 3.52. The summed E-state index contributed by atoms with van der Waals surface area (Å²) in [6, 6.07) is 9.95. The van der Waals surface area contributed by atoms with Crippen molar-refractivity contribution in [1.29, 1.82) is 0 Å². The van der Waals surface area contributed by atoms with E-state index in [2.05, 4.69) is 37.9 Å². The van der Waals surface area contributed by atoms with Gasteiger partial charge in [0.1, 0.15) is 0 Å². The summed E-state index contributed by atoms with van der Waals surface area (Å²) in [4.78, 5) is 32.8. The van der Waals surface area contributed by atoms with Crippen molar-refractivity contribution in [3.05, 3.63) is 47.7 Å². The van der Waals surface area contributed by atoms with Crippen LogP contribution in [-0.2, 0) is 9.59 Å². The standard InChI is InChI=1S/C21H21N7O2/c1-12(13-7-8-13)23-20-26-18-15(9-14-10-17(29)25-19(14)30)11-22-28(18)21(27-20)24-16-5-3-2-4-6-16/h2-6,9,11-13H,7-8,10H2,1H3,(H,25,29,30)(H2,23,24,26,27). The molecule has 2 aliphatic rings. The first-order chi connectivity index (χ1) is 14.6. The molecule has 3 heterocycles. The summed E-state index contributed by atoms with van der Waals surface area (Å²) >= 11 is 0. The second-order valence-electron chi connectivity index (χ2n) is 7.69. The van der Waals surface area contributed by atoms with E-state index in [0.29, 0.717) is 34.6 Å². The second kappa shape index (κ2) is 7.25. The molecule has 1 aromatic carbocycles. The monoisotopic (exact) mass is 403 g/mol. The van der Waals surface area contributed by atoms with Gasteiger partial charge in [-0.15, -0.1) is 0 Å². The third-order valence-electron chi connectivity index (χ3n) is 5.34. The van der Waals surface area contributed by atoms with Crippen LogP contribution in [0.5, 0.6) is 0 Å². The molecule has 1 saturated heterocycles. The molecule has 9 heteroatoms. The highest BCUT2D eigenvalue weighted by atomic mass is 16.2. The van der Waals surface area contributed by atoms with Gasteiger partial charge < -0.3 is 10.6 Å². The molecule has 5 rings (SSSR count). The quantitative estimate of drug-likeness (QED) is 0.428. The Labute approximate surface area is 172 Å². The first-order valence-corrected chi connectivity index (χ1v) is 9.96. The summed E-state index contributed by atoms with van der Waals surface area (Å²) in [5.74, 6) is 0.955. The third-order valence-corrected chi connectivity index (χ3v) is 5.34. The Morgan fingerprint density at radius 3 is 2.70 bits per heavy atom. The number of fused-ring (bicyclic) bond motifs is 1. The molecular weight excluding hydrogens is 382 g/mol. The molecule has 0 radical (unpaired) electrons. The van der Waals surface area contributed by atoms with Gasteiger partial charge in [0.25, 0.3) is 5.91 Å². The number of nitrogens with one attached hydrogen (secondary N) is 3. The van der Waals surface area contributed by atoms with Gasteiger partial charge in [0.2, 0.25) is 17.8 Å². The van der Waals surface area contributed by atoms with Crippen LogP contribution in [-0.4, -0.2) is 37.4 Å². The van der Waals surface area contributed by atoms with Crippen molar-refractivity contribution in [1.82, 2.24) is 24.9 Å². The van der Waals surface area contributed by atoms with E-state index in [1.807, 2.05) is 30.3 Å². The zero-order valence-electron chi connectivity index (χ0n) is 16.4. The molecule has 1 aliphatic carbocycles. The Hall–Kier alpha value is -3.75. The number of carbonyl (C=O) groups excluding carboxylic acids is 2. The van der Waals surface area contributed by atoms with Crippen molar-refractivity contribution in [2.24, 2.45) is 5.92 Å². The molecule has 1 aliphatic heterocycles. The van der Waals surface area contributed by atoms with Gasteiger partial charge in [0, 0.05) is 22.9 Å². The average molecular weight is 403 g/mol. The third kappa shape index (κ3) is 3.61. The lowest BCUT2D eigenvalue weighted by Crippen LogP contribution is -2.20. The number of benzene rings is 1. The highest BCUT2D eigenvalue weighted by Crippen LogP contribution is 2.34. The lowest BCUT2D eigenvalue weighted by atomic mass is 10.1. The van der Waals surface area contributed by atoms with E-state index < -0.39 is 0 Å². The number of rotatable bonds is 6. The Morgan fingerprint density at radius 1 is 1.20 bits per heavy atom. The normalized spacial score (nSPS) is 18.6. The van der Waals surface area contributed by atoms with Crippen molar-refractivity contribution >= 4 is 41.1 Å². The molecule has 0 bridgehead atoms. The number of imide groups is 1. The van der Waals surface area contributed by atoms with Crippen LogP contribution in [0.1, 0.15) is 31.7 Å². The number of aromatic nitrogens is 4. The molecule has 1 saturated carbocycles. The SMILES string of the molecule is CC(Nc1nc(Nc2ccccc2)n2ncc(C=C3CC(=O)NC3=O)c2n1)C1CC1. The van der Waals surface area contributed by atoms with Crippen LogP contribution in [0.4, 0.5) is 17.6 Å². The van der Waals surface area contributed by atoms with Crippen molar-refractivity contribution in [3.8, 4) is 0 Å². The molecule has 152 valence electrons. The fourth-order valence-corrected chi connectivity index (χ4v) is 3.52. The maximum Gasteiger partial charge on any atom is 0.254 e. The summed E-state index contributed by atoms with van der Waals surface area (Å²) in [6.45, 7) is 2.13. The van der Waals surface area contributed by atoms with Gasteiger partial charge >= 0.3 is 0 Å². The van der Waals surface area contributed by atoms with E-state index in [-0.39, 0.29) is 24.3 Å². The summed E-state index contributed by atoms with van der Waals surface area (Å²) < 4.78 is 1.60. The summed E-state index contributed by atoms with van der Waals surface area (Å²) in [5.41, 5.74) is 2.46. The molecular formula is C21H21N7O2. The molecule has 1 unspecified atom stereocenters. The number of nitrogens with zero attached hydrogens (tertiary/aromatic N) is 4. The molecule has 9 nitrogen and oxygen atoms in total. The Balaban J connectivity index is 1.57. The highest BCUT2D eigenvalue weighted by Gasteiger charge is 2.29. The van der Waals surface area contributed by atoms with E-state index in [1.54, 1.807) is 16.8 Å². The van der Waals surface area contributed by atoms with Gasteiger partial charge in [-0.3, -0.25) is 14.9 Å². The van der Waals surface area contributed by atoms with E-state index >= 15 is 0 Å². The molecule has 1 atom stereocenters. The first kappa shape index (κ1) is 18.3. The van der Waals surface area contributed by atoms with E-state index in [9.17, 15) is 9.59 Å². The van der Waals surface area contributed by atoms with Crippen molar-refractivity contribution in [2.75, 3.05) is 10.6 Å². The predicted molar refractivity (Wildman–Crippen MR) is 112 cm³/mol.